The minimum Gasteiger partial charge on any atom is -0.459 e. The molecule has 1 spiro atoms. The molecule has 7 amide bonds. The maximum atomic E-state index is 13.8. The summed E-state index contributed by atoms with van der Waals surface area (Å²) in [6.07, 6.45) is 7.75. The summed E-state index contributed by atoms with van der Waals surface area (Å²) < 4.78 is 56.1. The number of nitrogens with one attached hydrogen (secondary N) is 6. The van der Waals surface area contributed by atoms with E-state index in [0.717, 1.165) is 12.0 Å². The number of ketones is 2. The molecule has 29 heteroatoms. The summed E-state index contributed by atoms with van der Waals surface area (Å²) >= 11 is 3.01. The highest BCUT2D eigenvalue weighted by Gasteiger charge is 2.58. The van der Waals surface area contributed by atoms with E-state index in [1.54, 1.807) is 51.1 Å². The summed E-state index contributed by atoms with van der Waals surface area (Å²) in [5.41, 5.74) is 8.69. The molecule has 0 saturated carbocycles. The summed E-state index contributed by atoms with van der Waals surface area (Å²) in [7, 11) is 0. The highest BCUT2D eigenvalue weighted by atomic mass is 79.9. The molecule has 3 saturated heterocycles. The van der Waals surface area contributed by atoms with Crippen molar-refractivity contribution in [3.8, 4) is 0 Å². The Labute approximate surface area is 565 Å². The molecule has 0 radical (unpaired) electrons. The van der Waals surface area contributed by atoms with E-state index in [1.165, 1.54) is 19.1 Å². The van der Waals surface area contributed by atoms with E-state index in [0.29, 0.717) is 89.8 Å². The molecule has 1 aromatic rings. The fourth-order valence-electron chi connectivity index (χ4n) is 10.4. The van der Waals surface area contributed by atoms with Crippen molar-refractivity contribution in [3.05, 3.63) is 65.8 Å². The van der Waals surface area contributed by atoms with Crippen molar-refractivity contribution in [2.75, 3.05) is 103 Å². The van der Waals surface area contributed by atoms with Crippen LogP contribution in [0.25, 0.3) is 0 Å². The number of ether oxygens (including phenoxy) is 10. The van der Waals surface area contributed by atoms with E-state index in [1.807, 2.05) is 19.9 Å². The third kappa shape index (κ3) is 34.0. The number of hydrogen-bond donors (Lipinski definition) is 8. The van der Waals surface area contributed by atoms with E-state index in [9.17, 15) is 48.3 Å². The zero-order valence-electron chi connectivity index (χ0n) is 56.0. The van der Waals surface area contributed by atoms with E-state index in [-0.39, 0.29) is 137 Å². The smallest absolute Gasteiger partial charge is 0.407 e. The molecule has 534 valence electrons. The Morgan fingerprint density at radius 3 is 2.04 bits per heavy atom. The first-order valence-electron chi connectivity index (χ1n) is 32.6. The van der Waals surface area contributed by atoms with Gasteiger partial charge in [0, 0.05) is 69.8 Å². The summed E-state index contributed by atoms with van der Waals surface area (Å²) in [6.45, 7) is 16.5. The molecule has 3 fully saturated rings. The van der Waals surface area contributed by atoms with Crippen molar-refractivity contribution >= 4 is 74.9 Å². The molecule has 3 aliphatic heterocycles. The number of rotatable bonds is 47. The number of aliphatic hydroxyl groups excluding tert-OH is 1. The molecule has 3 heterocycles. The number of carbonyl (C=O) groups excluding carboxylic acids is 9. The van der Waals surface area contributed by atoms with Gasteiger partial charge in [0.05, 0.1) is 115 Å². The fourth-order valence-corrected chi connectivity index (χ4v) is 10.5. The predicted molar refractivity (Wildman–Crippen MR) is 351 cm³/mol. The number of halogens is 1. The lowest BCUT2D eigenvalue weighted by Gasteiger charge is -2.39. The maximum Gasteiger partial charge on any atom is 0.407 e. The lowest BCUT2D eigenvalue weighted by atomic mass is 9.86. The number of hydroxylamine groups is 1. The van der Waals surface area contributed by atoms with Gasteiger partial charge in [-0.2, -0.15) is 0 Å². The number of urea groups is 1. The normalized spacial score (nSPS) is 22.0. The number of hydrogen-bond acceptors (Lipinski definition) is 21. The van der Waals surface area contributed by atoms with Crippen LogP contribution in [0.1, 0.15) is 118 Å². The van der Waals surface area contributed by atoms with Gasteiger partial charge in [0.25, 0.3) is 5.91 Å². The standard InChI is InChI=1S/C66H102BrN7O21/c1-43(2)61(73-59(79)22-25-85-26-27-86-28-29-87-30-31-88-32-33-89-34-35-92-74-60(80)40-67)55(77)37-50(10-8-23-69-64(68)83)63(82)71-51-17-15-49(16-18-51)41-90-65(84)70-24-9-11-52(76)38-53-39-66(42-91-66)62(81)57(95-53)20-13-44(3)12-19-56-45(4)36-54(47(6)94-56)72-58(78)21-14-46(5)93-48(7)75/h12-18,20-21,43,45-47,50,53-54,56-57,61-62,81H,8-11,19,22-42H2,1-7H3,(H,70,84)(H,71,82)(H,72,78)(H,73,79)(H,74,80)(H3,68,69,83)/b20-13+,21-14-,44-12+/t45-,46-,47+,50+,53+,54+,56-,57+,61-,62+,66+/m0/s1. The number of alkyl halides is 1. The van der Waals surface area contributed by atoms with Gasteiger partial charge in [0.2, 0.25) is 17.7 Å². The lowest BCUT2D eigenvalue weighted by molar-refractivity contribution is -0.144. The molecule has 3 aliphatic rings. The van der Waals surface area contributed by atoms with Crippen LogP contribution in [0.5, 0.6) is 0 Å². The monoisotopic (exact) mass is 1410 g/mol. The number of primary amides is 1. The summed E-state index contributed by atoms with van der Waals surface area (Å²) in [5, 5.41) is 25.2. The zero-order valence-corrected chi connectivity index (χ0v) is 57.6. The second kappa shape index (κ2) is 45.3. The zero-order chi connectivity index (χ0) is 69.5. The van der Waals surface area contributed by atoms with Crippen molar-refractivity contribution in [3.63, 3.8) is 0 Å². The highest BCUT2D eigenvalue weighted by molar-refractivity contribution is 9.09. The highest BCUT2D eigenvalue weighted by Crippen LogP contribution is 2.43. The third-order valence-corrected chi connectivity index (χ3v) is 16.2. The topological polar surface area (TPSA) is 377 Å². The second-order valence-electron chi connectivity index (χ2n) is 24.1. The van der Waals surface area contributed by atoms with Gasteiger partial charge in [-0.3, -0.25) is 38.4 Å². The van der Waals surface area contributed by atoms with Crippen LogP contribution in [0.3, 0.4) is 0 Å². The predicted octanol–water partition coefficient (Wildman–Crippen LogP) is 4.66. The molecule has 4 rings (SSSR count). The molecule has 28 nitrogen and oxygen atoms in total. The van der Waals surface area contributed by atoms with Crippen molar-refractivity contribution in [1.82, 2.24) is 26.7 Å². The van der Waals surface area contributed by atoms with Crippen molar-refractivity contribution < 1.29 is 100 Å². The number of nitrogens with two attached hydrogens (primary N) is 1. The number of aliphatic hydroxyl groups is 1. The van der Waals surface area contributed by atoms with Gasteiger partial charge in [0.1, 0.15) is 36.3 Å². The average molecular weight is 1410 g/mol. The van der Waals surface area contributed by atoms with Crippen molar-refractivity contribution in [2.24, 2.45) is 23.5 Å². The Morgan fingerprint density at radius 2 is 1.43 bits per heavy atom. The first-order chi connectivity index (χ1) is 45.5. The molecule has 11 atom stereocenters. The van der Waals surface area contributed by atoms with Gasteiger partial charge in [-0.05, 0) is 88.5 Å². The quantitative estimate of drug-likeness (QED) is 0.00836. The second-order valence-corrected chi connectivity index (χ2v) is 24.7. The lowest BCUT2D eigenvalue weighted by Crippen LogP contribution is -2.50. The van der Waals surface area contributed by atoms with Gasteiger partial charge in [-0.25, -0.2) is 15.1 Å². The number of amides is 7. The first kappa shape index (κ1) is 81.2. The van der Waals surface area contributed by atoms with E-state index >= 15 is 0 Å². The molecule has 0 unspecified atom stereocenters. The molecule has 0 aliphatic carbocycles. The first-order valence-corrected chi connectivity index (χ1v) is 33.8. The van der Waals surface area contributed by atoms with Gasteiger partial charge in [-0.1, -0.05) is 72.6 Å². The van der Waals surface area contributed by atoms with E-state index in [2.05, 4.69) is 61.0 Å². The van der Waals surface area contributed by atoms with Crippen LogP contribution in [0, 0.1) is 17.8 Å². The van der Waals surface area contributed by atoms with Crippen molar-refractivity contribution in [1.29, 1.82) is 0 Å². The van der Waals surface area contributed by atoms with Crippen LogP contribution in [-0.4, -0.2) is 210 Å². The van der Waals surface area contributed by atoms with Crippen LogP contribution < -0.4 is 37.8 Å². The Balaban J connectivity index is 1.11. The number of esters is 1. The van der Waals surface area contributed by atoms with E-state index < -0.39 is 71.9 Å². The molecule has 0 aromatic heterocycles. The minimum absolute atomic E-state index is 0.00857. The van der Waals surface area contributed by atoms with Crippen LogP contribution in [0.15, 0.2) is 60.2 Å². The van der Waals surface area contributed by atoms with Crippen LogP contribution in [0.2, 0.25) is 0 Å². The molecule has 1 aromatic carbocycles. The van der Waals surface area contributed by atoms with Crippen LogP contribution >= 0.6 is 15.9 Å². The number of benzene rings is 1. The van der Waals surface area contributed by atoms with Crippen LogP contribution in [0.4, 0.5) is 15.3 Å². The molecule has 0 bridgehead atoms. The fraction of sp³-hybridized carbons (Fsp3) is 0.682. The number of carbonyl (C=O) groups is 9. The maximum absolute atomic E-state index is 13.8. The molecular weight excluding hydrogens is 1310 g/mol. The number of allylic oxidation sites excluding steroid dienone is 2. The van der Waals surface area contributed by atoms with Crippen molar-refractivity contribution in [2.45, 2.75) is 174 Å². The number of alkyl carbamates (subject to hydrolysis) is 1. The third-order valence-electron chi connectivity index (χ3n) is 15.6. The Bertz CT molecular complexity index is 2640. The molecule has 9 N–H and O–H groups in total. The molecule has 95 heavy (non-hydrogen) atoms. The summed E-state index contributed by atoms with van der Waals surface area (Å²) in [6, 6.07) is 4.81. The molecular formula is C66H102BrN7O21. The van der Waals surface area contributed by atoms with Gasteiger partial charge < -0.3 is 84.8 Å². The average Bonchev–Trinajstić information content (AvgIpc) is 1.60. The Morgan fingerprint density at radius 1 is 0.800 bits per heavy atom. The van der Waals surface area contributed by atoms with Gasteiger partial charge >= 0.3 is 18.1 Å². The Hall–Kier alpha value is -6.25. The number of epoxide rings is 1. The number of Topliss-reactive ketones (excluding diaryl/α,β-unsaturated/α-hetero) is 2. The summed E-state index contributed by atoms with van der Waals surface area (Å²) in [4.78, 5) is 117. The Kier molecular flexibility index (Phi) is 38.7. The number of anilines is 1. The van der Waals surface area contributed by atoms with Gasteiger partial charge in [0.15, 0.2) is 5.78 Å². The minimum atomic E-state index is -0.915. The van der Waals surface area contributed by atoms with Gasteiger partial charge in [-0.15, -0.1) is 0 Å². The summed E-state index contributed by atoms with van der Waals surface area (Å²) in [5.74, 6) is -3.22. The van der Waals surface area contributed by atoms with E-state index in [4.69, 9.17) is 57.9 Å². The largest absolute Gasteiger partial charge is 0.459 e. The van der Waals surface area contributed by atoms with Crippen LogP contribution in [-0.2, 0) is 92.4 Å². The SMILES string of the molecule is CC(=O)O[C@@H](C)/C=C\C(=O)N[C@@H]1C[C@H](C)[C@H](C/C=C(C)/C=C/[C@H]2O[C@H](CC(=O)CCCNC(=O)OCc3ccc(NC(=O)[C@H](CCCNC(N)=O)CC(=O)[C@@H](NC(=O)CCOCCOCCOCCOCCOCCONC(=O)CBr)C(C)C)cc3)C[C@@]3(CO3)[C@@H]2O)O[C@@H]1C.